The Balaban J connectivity index is 2.23. The number of methoxy groups -OCH3 is 1. The molecule has 1 fully saturated rings. The second kappa shape index (κ2) is 7.59. The number of hydrogen-bond acceptors (Lipinski definition) is 4. The number of amides is 1. The molecule has 0 radical (unpaired) electrons. The summed E-state index contributed by atoms with van der Waals surface area (Å²) in [5, 5.41) is 0.0209. The Hall–Kier alpha value is -1.18. The third kappa shape index (κ3) is 4.65. The third-order valence-corrected chi connectivity index (χ3v) is 5.88. The molecule has 1 aromatic carbocycles. The first-order valence-electron chi connectivity index (χ1n) is 7.29. The molecule has 1 atom stereocenters. The van der Waals surface area contributed by atoms with Crippen LogP contribution in [0.15, 0.2) is 18.2 Å². The number of benzene rings is 1. The summed E-state index contributed by atoms with van der Waals surface area (Å²) in [6, 6.07) is 3.18. The van der Waals surface area contributed by atoms with E-state index in [4.69, 9.17) is 16.3 Å². The summed E-state index contributed by atoms with van der Waals surface area (Å²) in [7, 11) is -1.56. The topological polar surface area (TPSA) is 63.7 Å². The summed E-state index contributed by atoms with van der Waals surface area (Å²) >= 11 is 5.96. The number of sulfone groups is 1. The zero-order chi connectivity index (χ0) is 17.0. The monoisotopic (exact) mass is 363 g/mol. The molecule has 0 spiro atoms. The SMILES string of the molecule is COCCCN(C(=O)c1ccc(F)cc1Cl)C1CCS(=O)(=O)C1. The molecule has 1 aliphatic heterocycles. The maximum absolute atomic E-state index is 13.2. The van der Waals surface area contributed by atoms with E-state index in [0.29, 0.717) is 26.0 Å². The molecular formula is C15H19ClFNO4S. The normalized spacial score (nSPS) is 19.7. The number of ether oxygens (including phenoxy) is 1. The lowest BCUT2D eigenvalue weighted by atomic mass is 10.1. The number of carbonyl (C=O) groups excluding carboxylic acids is 1. The first-order chi connectivity index (χ1) is 10.8. The van der Waals surface area contributed by atoms with Gasteiger partial charge in [0.15, 0.2) is 9.84 Å². The highest BCUT2D eigenvalue weighted by atomic mass is 35.5. The molecule has 0 N–H and O–H groups in total. The molecule has 8 heteroatoms. The van der Waals surface area contributed by atoms with Crippen molar-refractivity contribution in [1.29, 1.82) is 0 Å². The van der Waals surface area contributed by atoms with E-state index in [9.17, 15) is 17.6 Å². The molecule has 0 saturated carbocycles. The highest BCUT2D eigenvalue weighted by Gasteiger charge is 2.35. The molecule has 1 unspecified atom stereocenters. The van der Waals surface area contributed by atoms with Crippen LogP contribution < -0.4 is 0 Å². The minimum atomic E-state index is -3.12. The van der Waals surface area contributed by atoms with Gasteiger partial charge in [-0.15, -0.1) is 0 Å². The predicted molar refractivity (Wildman–Crippen MR) is 86.0 cm³/mol. The summed E-state index contributed by atoms with van der Waals surface area (Å²) in [5.41, 5.74) is 0.176. The van der Waals surface area contributed by atoms with Crippen molar-refractivity contribution >= 4 is 27.3 Å². The average Bonchev–Trinajstić information content (AvgIpc) is 2.83. The van der Waals surface area contributed by atoms with Crippen molar-refractivity contribution in [3.63, 3.8) is 0 Å². The fourth-order valence-electron chi connectivity index (χ4n) is 2.67. The summed E-state index contributed by atoms with van der Waals surface area (Å²) in [5.74, 6) is -0.887. The van der Waals surface area contributed by atoms with Crippen molar-refractivity contribution in [1.82, 2.24) is 4.90 Å². The van der Waals surface area contributed by atoms with Gasteiger partial charge in [0.05, 0.1) is 22.1 Å². The molecule has 128 valence electrons. The second-order valence-electron chi connectivity index (χ2n) is 5.53. The Morgan fingerprint density at radius 2 is 2.22 bits per heavy atom. The molecule has 0 aliphatic carbocycles. The van der Waals surface area contributed by atoms with E-state index in [1.807, 2.05) is 0 Å². The molecule has 1 amide bonds. The molecule has 1 aromatic rings. The van der Waals surface area contributed by atoms with Crippen LogP contribution in [0.3, 0.4) is 0 Å². The Kier molecular flexibility index (Phi) is 6.00. The van der Waals surface area contributed by atoms with Gasteiger partial charge in [-0.25, -0.2) is 12.8 Å². The van der Waals surface area contributed by atoms with Gasteiger partial charge in [0.2, 0.25) is 0 Å². The van der Waals surface area contributed by atoms with Crippen LogP contribution in [0.25, 0.3) is 0 Å². The van der Waals surface area contributed by atoms with Crippen molar-refractivity contribution in [3.8, 4) is 0 Å². The van der Waals surface area contributed by atoms with Gasteiger partial charge >= 0.3 is 0 Å². The fourth-order valence-corrected chi connectivity index (χ4v) is 4.65. The van der Waals surface area contributed by atoms with Crippen LogP contribution in [-0.4, -0.2) is 57.0 Å². The molecule has 1 aliphatic rings. The highest BCUT2D eigenvalue weighted by Crippen LogP contribution is 2.24. The van der Waals surface area contributed by atoms with Crippen LogP contribution in [-0.2, 0) is 14.6 Å². The van der Waals surface area contributed by atoms with Gasteiger partial charge in [-0.05, 0) is 31.0 Å². The Morgan fingerprint density at radius 3 is 2.78 bits per heavy atom. The minimum Gasteiger partial charge on any atom is -0.385 e. The molecule has 1 heterocycles. The summed E-state index contributed by atoms with van der Waals surface area (Å²) in [4.78, 5) is 14.3. The molecule has 23 heavy (non-hydrogen) atoms. The van der Waals surface area contributed by atoms with E-state index in [0.717, 1.165) is 12.1 Å². The third-order valence-electron chi connectivity index (χ3n) is 3.82. The van der Waals surface area contributed by atoms with Crippen molar-refractivity contribution in [2.75, 3.05) is 31.8 Å². The zero-order valence-corrected chi connectivity index (χ0v) is 14.4. The van der Waals surface area contributed by atoms with Crippen LogP contribution in [0.5, 0.6) is 0 Å². The number of carbonyl (C=O) groups is 1. The number of halogens is 2. The van der Waals surface area contributed by atoms with E-state index in [1.54, 1.807) is 7.11 Å². The average molecular weight is 364 g/mol. The predicted octanol–water partition coefficient (Wildman–Crippen LogP) is 2.14. The summed E-state index contributed by atoms with van der Waals surface area (Å²) in [6.45, 7) is 0.820. The first kappa shape index (κ1) is 18.2. The van der Waals surface area contributed by atoms with E-state index in [2.05, 4.69) is 0 Å². The Bertz CT molecular complexity index is 680. The van der Waals surface area contributed by atoms with Gasteiger partial charge < -0.3 is 9.64 Å². The van der Waals surface area contributed by atoms with E-state index >= 15 is 0 Å². The maximum Gasteiger partial charge on any atom is 0.255 e. The zero-order valence-electron chi connectivity index (χ0n) is 12.8. The van der Waals surface area contributed by atoms with E-state index in [1.165, 1.54) is 11.0 Å². The Morgan fingerprint density at radius 1 is 1.48 bits per heavy atom. The summed E-state index contributed by atoms with van der Waals surface area (Å²) in [6.07, 6.45) is 0.984. The molecular weight excluding hydrogens is 345 g/mol. The van der Waals surface area contributed by atoms with E-state index in [-0.39, 0.29) is 34.0 Å². The van der Waals surface area contributed by atoms with E-state index < -0.39 is 15.7 Å². The van der Waals surface area contributed by atoms with Gasteiger partial charge in [-0.3, -0.25) is 4.79 Å². The van der Waals surface area contributed by atoms with Crippen LogP contribution in [0, 0.1) is 5.82 Å². The number of rotatable bonds is 6. The quantitative estimate of drug-likeness (QED) is 0.726. The summed E-state index contributed by atoms with van der Waals surface area (Å²) < 4.78 is 41.6. The van der Waals surface area contributed by atoms with Gasteiger partial charge in [-0.2, -0.15) is 0 Å². The van der Waals surface area contributed by atoms with Crippen molar-refractivity contribution in [2.45, 2.75) is 18.9 Å². The molecule has 1 saturated heterocycles. The van der Waals surface area contributed by atoms with Crippen molar-refractivity contribution in [2.24, 2.45) is 0 Å². The number of hydrogen-bond donors (Lipinski definition) is 0. The van der Waals surface area contributed by atoms with Gasteiger partial charge in [-0.1, -0.05) is 11.6 Å². The van der Waals surface area contributed by atoms with Crippen LogP contribution >= 0.6 is 11.6 Å². The van der Waals surface area contributed by atoms with Crippen LogP contribution in [0.1, 0.15) is 23.2 Å². The van der Waals surface area contributed by atoms with Crippen molar-refractivity contribution in [3.05, 3.63) is 34.6 Å². The highest BCUT2D eigenvalue weighted by molar-refractivity contribution is 7.91. The lowest BCUT2D eigenvalue weighted by molar-refractivity contribution is 0.0674. The lowest BCUT2D eigenvalue weighted by Gasteiger charge is -2.28. The van der Waals surface area contributed by atoms with Crippen molar-refractivity contribution < 1.29 is 22.3 Å². The van der Waals surface area contributed by atoms with Gasteiger partial charge in [0, 0.05) is 26.3 Å². The minimum absolute atomic E-state index is 0.0209. The standard InChI is InChI=1S/C15H19ClFNO4S/c1-22-7-2-6-18(12-5-8-23(20,21)10-12)15(19)13-4-3-11(17)9-14(13)16/h3-4,9,12H,2,5-8,10H2,1H3. The largest absolute Gasteiger partial charge is 0.385 e. The molecule has 0 aromatic heterocycles. The number of nitrogens with zero attached hydrogens (tertiary/aromatic N) is 1. The van der Waals surface area contributed by atoms with Gasteiger partial charge in [0.25, 0.3) is 5.91 Å². The molecule has 2 rings (SSSR count). The Labute approximate surface area is 140 Å². The van der Waals surface area contributed by atoms with Crippen LogP contribution in [0.4, 0.5) is 4.39 Å². The second-order valence-corrected chi connectivity index (χ2v) is 8.16. The molecule has 5 nitrogen and oxygen atoms in total. The van der Waals surface area contributed by atoms with Crippen LogP contribution in [0.2, 0.25) is 5.02 Å². The lowest BCUT2D eigenvalue weighted by Crippen LogP contribution is -2.42. The molecule has 0 bridgehead atoms. The first-order valence-corrected chi connectivity index (χ1v) is 9.49. The van der Waals surface area contributed by atoms with Gasteiger partial charge in [0.1, 0.15) is 5.82 Å². The smallest absolute Gasteiger partial charge is 0.255 e. The fraction of sp³-hybridized carbons (Fsp3) is 0.533. The maximum atomic E-state index is 13.2.